The molecule has 1 aliphatic carbocycles. The van der Waals surface area contributed by atoms with Crippen molar-refractivity contribution in [1.29, 1.82) is 0 Å². The molecular formula is C8H13NO. The predicted octanol–water partition coefficient (Wildman–Crippen LogP) is 0.387. The lowest BCUT2D eigenvalue weighted by Crippen LogP contribution is -2.45. The molecule has 0 atom stereocenters. The van der Waals surface area contributed by atoms with Crippen molar-refractivity contribution < 1.29 is 4.74 Å². The summed E-state index contributed by atoms with van der Waals surface area (Å²) in [5.41, 5.74) is 0. The van der Waals surface area contributed by atoms with E-state index in [9.17, 15) is 0 Å². The maximum atomic E-state index is 5.10. The summed E-state index contributed by atoms with van der Waals surface area (Å²) in [7, 11) is 1.75. The van der Waals surface area contributed by atoms with Gasteiger partial charge in [-0.2, -0.15) is 0 Å². The van der Waals surface area contributed by atoms with Gasteiger partial charge < -0.3 is 10.1 Å². The van der Waals surface area contributed by atoms with Crippen LogP contribution in [0.5, 0.6) is 0 Å². The summed E-state index contributed by atoms with van der Waals surface area (Å²) in [5, 5.41) is 3.22. The second-order valence-corrected chi connectivity index (χ2v) is 2.61. The molecule has 0 aromatic rings. The minimum Gasteiger partial charge on any atom is -0.381 e. The molecular weight excluding hydrogens is 126 g/mol. The molecule has 1 saturated carbocycles. The van der Waals surface area contributed by atoms with Gasteiger partial charge in [-0.15, -0.1) is 6.42 Å². The fraction of sp³-hybridized carbons (Fsp3) is 0.750. The van der Waals surface area contributed by atoms with Crippen molar-refractivity contribution in [3.63, 3.8) is 0 Å². The van der Waals surface area contributed by atoms with Crippen molar-refractivity contribution in [3.05, 3.63) is 0 Å². The van der Waals surface area contributed by atoms with Gasteiger partial charge in [-0.3, -0.25) is 0 Å². The minimum absolute atomic E-state index is 0.468. The van der Waals surface area contributed by atoms with Crippen molar-refractivity contribution >= 4 is 0 Å². The highest BCUT2D eigenvalue weighted by atomic mass is 16.5. The van der Waals surface area contributed by atoms with E-state index in [0.717, 1.165) is 12.8 Å². The van der Waals surface area contributed by atoms with Crippen molar-refractivity contribution in [2.75, 3.05) is 13.7 Å². The second kappa shape index (κ2) is 3.60. The number of methoxy groups -OCH3 is 1. The normalized spacial score (nSPS) is 30.8. The Morgan fingerprint density at radius 2 is 2.40 bits per heavy atom. The minimum atomic E-state index is 0.468. The van der Waals surface area contributed by atoms with Crippen LogP contribution >= 0.6 is 0 Å². The predicted molar refractivity (Wildman–Crippen MR) is 40.7 cm³/mol. The molecule has 0 aliphatic heterocycles. The van der Waals surface area contributed by atoms with Crippen LogP contribution in [0.1, 0.15) is 12.8 Å². The van der Waals surface area contributed by atoms with Gasteiger partial charge in [-0.25, -0.2) is 0 Å². The van der Waals surface area contributed by atoms with Gasteiger partial charge in [0, 0.05) is 13.2 Å². The zero-order valence-corrected chi connectivity index (χ0v) is 6.26. The number of terminal acetylenes is 1. The van der Waals surface area contributed by atoms with Gasteiger partial charge in [0.25, 0.3) is 0 Å². The lowest BCUT2D eigenvalue weighted by molar-refractivity contribution is 0.0186. The summed E-state index contributed by atoms with van der Waals surface area (Å²) in [4.78, 5) is 0. The molecule has 0 heterocycles. The Labute approximate surface area is 62.0 Å². The van der Waals surface area contributed by atoms with Crippen LogP contribution in [0.3, 0.4) is 0 Å². The Hall–Kier alpha value is -0.520. The van der Waals surface area contributed by atoms with Crippen molar-refractivity contribution in [2.24, 2.45) is 0 Å². The van der Waals surface area contributed by atoms with Gasteiger partial charge in [-0.05, 0) is 12.8 Å². The summed E-state index contributed by atoms with van der Waals surface area (Å²) in [6.07, 6.45) is 7.77. The lowest BCUT2D eigenvalue weighted by atomic mass is 9.89. The molecule has 0 spiro atoms. The van der Waals surface area contributed by atoms with E-state index in [1.807, 2.05) is 0 Å². The maximum absolute atomic E-state index is 5.10. The highest BCUT2D eigenvalue weighted by Crippen LogP contribution is 2.21. The Morgan fingerprint density at radius 1 is 1.70 bits per heavy atom. The van der Waals surface area contributed by atoms with Crippen molar-refractivity contribution in [1.82, 2.24) is 5.32 Å². The number of hydrogen-bond donors (Lipinski definition) is 1. The van der Waals surface area contributed by atoms with E-state index in [-0.39, 0.29) is 0 Å². The van der Waals surface area contributed by atoms with E-state index in [1.165, 1.54) is 0 Å². The summed E-state index contributed by atoms with van der Waals surface area (Å²) >= 11 is 0. The molecule has 1 N–H and O–H groups in total. The number of rotatable bonds is 3. The summed E-state index contributed by atoms with van der Waals surface area (Å²) in [6.45, 7) is 0.682. The number of ether oxygens (including phenoxy) is 1. The SMILES string of the molecule is C#CCNC1CC(OC)C1. The van der Waals surface area contributed by atoms with E-state index in [2.05, 4.69) is 11.2 Å². The first-order chi connectivity index (χ1) is 4.86. The van der Waals surface area contributed by atoms with Crippen LogP contribution in [0.15, 0.2) is 0 Å². The van der Waals surface area contributed by atoms with Crippen LogP contribution < -0.4 is 5.32 Å². The lowest BCUT2D eigenvalue weighted by Gasteiger charge is -2.34. The maximum Gasteiger partial charge on any atom is 0.0601 e. The Bertz CT molecular complexity index is 133. The Kier molecular flexibility index (Phi) is 2.73. The topological polar surface area (TPSA) is 21.3 Å². The monoisotopic (exact) mass is 139 g/mol. The molecule has 0 unspecified atom stereocenters. The second-order valence-electron chi connectivity index (χ2n) is 2.61. The van der Waals surface area contributed by atoms with E-state index < -0.39 is 0 Å². The van der Waals surface area contributed by atoms with Gasteiger partial charge in [0.05, 0.1) is 12.6 Å². The van der Waals surface area contributed by atoms with Crippen LogP contribution in [0.2, 0.25) is 0 Å². The van der Waals surface area contributed by atoms with Crippen LogP contribution in [0.25, 0.3) is 0 Å². The molecule has 0 bridgehead atoms. The zero-order chi connectivity index (χ0) is 7.40. The van der Waals surface area contributed by atoms with E-state index in [0.29, 0.717) is 18.7 Å². The molecule has 2 heteroatoms. The molecule has 0 amide bonds. The first-order valence-electron chi connectivity index (χ1n) is 3.56. The molecule has 1 fully saturated rings. The molecule has 0 aromatic heterocycles. The van der Waals surface area contributed by atoms with E-state index in [4.69, 9.17) is 11.2 Å². The molecule has 0 aromatic carbocycles. The van der Waals surface area contributed by atoms with Crippen molar-refractivity contribution in [3.8, 4) is 12.3 Å². The zero-order valence-electron chi connectivity index (χ0n) is 6.26. The standard InChI is InChI=1S/C8H13NO/c1-3-4-9-7-5-8(6-7)10-2/h1,7-9H,4-6H2,2H3. The molecule has 10 heavy (non-hydrogen) atoms. The van der Waals surface area contributed by atoms with Crippen LogP contribution in [0.4, 0.5) is 0 Å². The number of hydrogen-bond acceptors (Lipinski definition) is 2. The van der Waals surface area contributed by atoms with E-state index >= 15 is 0 Å². The Morgan fingerprint density at radius 3 is 2.90 bits per heavy atom. The van der Waals surface area contributed by atoms with Gasteiger partial charge in [0.15, 0.2) is 0 Å². The highest BCUT2D eigenvalue weighted by Gasteiger charge is 2.27. The molecule has 2 nitrogen and oxygen atoms in total. The quantitative estimate of drug-likeness (QED) is 0.571. The first-order valence-corrected chi connectivity index (χ1v) is 3.56. The van der Waals surface area contributed by atoms with Gasteiger partial charge in [0.1, 0.15) is 0 Å². The molecule has 0 saturated heterocycles. The third kappa shape index (κ3) is 1.73. The van der Waals surface area contributed by atoms with E-state index in [1.54, 1.807) is 7.11 Å². The van der Waals surface area contributed by atoms with Gasteiger partial charge in [-0.1, -0.05) is 5.92 Å². The summed E-state index contributed by atoms with van der Waals surface area (Å²) in [6, 6.07) is 0.598. The first kappa shape index (κ1) is 7.59. The molecule has 0 radical (unpaired) electrons. The number of nitrogens with one attached hydrogen (secondary N) is 1. The van der Waals surface area contributed by atoms with Gasteiger partial charge >= 0.3 is 0 Å². The average molecular weight is 139 g/mol. The van der Waals surface area contributed by atoms with Crippen LogP contribution in [0, 0.1) is 12.3 Å². The van der Waals surface area contributed by atoms with Gasteiger partial charge in [0.2, 0.25) is 0 Å². The molecule has 1 aliphatic rings. The largest absolute Gasteiger partial charge is 0.381 e. The summed E-state index contributed by atoms with van der Waals surface area (Å²) in [5.74, 6) is 2.55. The summed E-state index contributed by atoms with van der Waals surface area (Å²) < 4.78 is 5.10. The fourth-order valence-corrected chi connectivity index (χ4v) is 1.13. The Balaban J connectivity index is 1.99. The molecule has 56 valence electrons. The molecule has 1 rings (SSSR count). The van der Waals surface area contributed by atoms with Crippen molar-refractivity contribution in [2.45, 2.75) is 25.0 Å². The highest BCUT2D eigenvalue weighted by molar-refractivity contribution is 4.92. The third-order valence-corrected chi connectivity index (χ3v) is 1.92. The smallest absolute Gasteiger partial charge is 0.0601 e. The average Bonchev–Trinajstić information content (AvgIpc) is 1.86. The third-order valence-electron chi connectivity index (χ3n) is 1.92. The van der Waals surface area contributed by atoms with Crippen LogP contribution in [-0.4, -0.2) is 25.8 Å². The van der Waals surface area contributed by atoms with Crippen LogP contribution in [-0.2, 0) is 4.74 Å². The fourth-order valence-electron chi connectivity index (χ4n) is 1.13.